The maximum Gasteiger partial charge on any atom is 0.0931 e. The number of aliphatic hydroxyl groups is 1. The highest BCUT2D eigenvalue weighted by molar-refractivity contribution is 8.07. The van der Waals surface area contributed by atoms with E-state index < -0.39 is 0 Å². The van der Waals surface area contributed by atoms with Gasteiger partial charge in [0, 0.05) is 32.8 Å². The molecule has 0 aliphatic carbocycles. The number of aliphatic hydroxyl groups excluding tert-OH is 1. The number of thiophene rings is 1. The van der Waals surface area contributed by atoms with Crippen molar-refractivity contribution in [2.24, 2.45) is 0 Å². The summed E-state index contributed by atoms with van der Waals surface area (Å²) < 4.78 is 0.805. The van der Waals surface area contributed by atoms with Crippen LogP contribution in [0.2, 0.25) is 4.34 Å². The van der Waals surface area contributed by atoms with Crippen molar-refractivity contribution in [1.82, 2.24) is 0 Å². The summed E-state index contributed by atoms with van der Waals surface area (Å²) in [6, 6.07) is 3.92. The summed E-state index contributed by atoms with van der Waals surface area (Å²) in [7, 11) is 0. The standard InChI is InChI=1S/C12H17ClOS3/c1-7-8(2)16-11(6-15-7)10(14)5-9-3-4-12(13)17-9/h3-4,7-8,10-11,14H,5-6H2,1-2H3. The molecule has 0 spiro atoms. The number of thioether (sulfide) groups is 2. The van der Waals surface area contributed by atoms with Crippen LogP contribution in [0, 0.1) is 0 Å². The van der Waals surface area contributed by atoms with Crippen LogP contribution in [-0.4, -0.2) is 32.7 Å². The molecular formula is C12H17ClOS3. The molecule has 1 N–H and O–H groups in total. The summed E-state index contributed by atoms with van der Waals surface area (Å²) in [6.45, 7) is 4.52. The van der Waals surface area contributed by atoms with Gasteiger partial charge in [0.2, 0.25) is 0 Å². The van der Waals surface area contributed by atoms with Crippen LogP contribution in [0.15, 0.2) is 12.1 Å². The second-order valence-corrected chi connectivity index (χ2v) is 9.23. The smallest absolute Gasteiger partial charge is 0.0931 e. The molecule has 4 atom stereocenters. The predicted octanol–water partition coefficient (Wildman–Crippen LogP) is 3.93. The van der Waals surface area contributed by atoms with Crippen molar-refractivity contribution < 1.29 is 5.11 Å². The molecule has 1 saturated heterocycles. The van der Waals surface area contributed by atoms with Gasteiger partial charge in [-0.25, -0.2) is 0 Å². The fourth-order valence-electron chi connectivity index (χ4n) is 1.81. The molecular weight excluding hydrogens is 292 g/mol. The molecule has 1 aromatic rings. The zero-order valence-electron chi connectivity index (χ0n) is 9.93. The minimum absolute atomic E-state index is 0.253. The summed E-state index contributed by atoms with van der Waals surface area (Å²) in [5.74, 6) is 1.05. The Labute approximate surface area is 120 Å². The van der Waals surface area contributed by atoms with Crippen LogP contribution in [0.25, 0.3) is 0 Å². The lowest BCUT2D eigenvalue weighted by molar-refractivity contribution is 0.178. The molecule has 1 nitrogen and oxygen atoms in total. The van der Waals surface area contributed by atoms with Gasteiger partial charge in [0.25, 0.3) is 0 Å². The molecule has 0 saturated carbocycles. The van der Waals surface area contributed by atoms with E-state index in [0.29, 0.717) is 15.7 Å². The third kappa shape index (κ3) is 3.80. The van der Waals surface area contributed by atoms with Gasteiger partial charge >= 0.3 is 0 Å². The number of hydrogen-bond acceptors (Lipinski definition) is 4. The van der Waals surface area contributed by atoms with Crippen LogP contribution in [-0.2, 0) is 6.42 Å². The second kappa shape index (κ2) is 6.20. The maximum absolute atomic E-state index is 10.3. The van der Waals surface area contributed by atoms with Crippen molar-refractivity contribution in [2.75, 3.05) is 5.75 Å². The van der Waals surface area contributed by atoms with Crippen molar-refractivity contribution in [1.29, 1.82) is 0 Å². The largest absolute Gasteiger partial charge is 0.392 e. The average molecular weight is 309 g/mol. The van der Waals surface area contributed by atoms with Crippen LogP contribution in [0.3, 0.4) is 0 Å². The van der Waals surface area contributed by atoms with E-state index in [1.54, 1.807) is 11.3 Å². The number of rotatable bonds is 3. The molecule has 0 radical (unpaired) electrons. The van der Waals surface area contributed by atoms with Gasteiger partial charge in [-0.15, -0.1) is 11.3 Å². The third-order valence-corrected chi connectivity index (χ3v) is 7.83. The first-order chi connectivity index (χ1) is 8.06. The van der Waals surface area contributed by atoms with E-state index in [1.807, 2.05) is 35.7 Å². The minimum atomic E-state index is -0.253. The maximum atomic E-state index is 10.3. The minimum Gasteiger partial charge on any atom is -0.392 e. The zero-order valence-corrected chi connectivity index (χ0v) is 13.1. The monoisotopic (exact) mass is 308 g/mol. The van der Waals surface area contributed by atoms with Gasteiger partial charge in [-0.3, -0.25) is 0 Å². The summed E-state index contributed by atoms with van der Waals surface area (Å²) >= 11 is 11.4. The molecule has 1 fully saturated rings. The van der Waals surface area contributed by atoms with Crippen LogP contribution < -0.4 is 0 Å². The van der Waals surface area contributed by atoms with Crippen molar-refractivity contribution in [2.45, 2.75) is 42.1 Å². The molecule has 0 amide bonds. The molecule has 2 rings (SSSR count). The summed E-state index contributed by atoms with van der Waals surface area (Å²) in [5.41, 5.74) is 0. The van der Waals surface area contributed by atoms with E-state index in [9.17, 15) is 5.11 Å². The molecule has 1 aliphatic heterocycles. The first-order valence-electron chi connectivity index (χ1n) is 5.75. The Morgan fingerprint density at radius 3 is 2.76 bits per heavy atom. The zero-order chi connectivity index (χ0) is 12.4. The van der Waals surface area contributed by atoms with Crippen molar-refractivity contribution in [3.05, 3.63) is 21.3 Å². The van der Waals surface area contributed by atoms with E-state index in [2.05, 4.69) is 13.8 Å². The molecule has 2 heterocycles. The van der Waals surface area contributed by atoms with Gasteiger partial charge in [-0.1, -0.05) is 25.4 Å². The fourth-order valence-corrected chi connectivity index (χ4v) is 5.96. The summed E-state index contributed by atoms with van der Waals surface area (Å²) in [5, 5.41) is 11.9. The molecule has 0 aromatic carbocycles. The van der Waals surface area contributed by atoms with E-state index in [0.717, 1.165) is 16.5 Å². The highest BCUT2D eigenvalue weighted by atomic mass is 35.5. The van der Waals surface area contributed by atoms with Crippen molar-refractivity contribution >= 4 is 46.5 Å². The van der Waals surface area contributed by atoms with Gasteiger partial charge in [-0.2, -0.15) is 23.5 Å². The molecule has 1 aromatic heterocycles. The Kier molecular flexibility index (Phi) is 5.13. The van der Waals surface area contributed by atoms with Crippen LogP contribution in [0.1, 0.15) is 18.7 Å². The summed E-state index contributed by atoms with van der Waals surface area (Å²) in [4.78, 5) is 1.18. The Morgan fingerprint density at radius 1 is 1.41 bits per heavy atom. The SMILES string of the molecule is CC1SCC(C(O)Cc2ccc(Cl)s2)SC1C. The van der Waals surface area contributed by atoms with Gasteiger partial charge in [0.1, 0.15) is 0 Å². The van der Waals surface area contributed by atoms with Crippen LogP contribution in [0.4, 0.5) is 0 Å². The highest BCUT2D eigenvalue weighted by Crippen LogP contribution is 2.38. The molecule has 4 unspecified atom stereocenters. The first-order valence-corrected chi connectivity index (χ1v) is 8.94. The van der Waals surface area contributed by atoms with Crippen LogP contribution in [0.5, 0.6) is 0 Å². The number of halogens is 1. The van der Waals surface area contributed by atoms with Gasteiger partial charge in [0.05, 0.1) is 10.4 Å². The quantitative estimate of drug-likeness (QED) is 0.913. The first kappa shape index (κ1) is 14.1. The van der Waals surface area contributed by atoms with E-state index >= 15 is 0 Å². The van der Waals surface area contributed by atoms with E-state index in [4.69, 9.17) is 11.6 Å². The second-order valence-electron chi connectivity index (χ2n) is 4.40. The molecule has 5 heteroatoms. The van der Waals surface area contributed by atoms with Crippen molar-refractivity contribution in [3.8, 4) is 0 Å². The summed E-state index contributed by atoms with van der Waals surface area (Å²) in [6.07, 6.45) is 0.480. The van der Waals surface area contributed by atoms with Gasteiger partial charge < -0.3 is 5.11 Å². The van der Waals surface area contributed by atoms with E-state index in [1.165, 1.54) is 4.88 Å². The van der Waals surface area contributed by atoms with Gasteiger partial charge in [0.15, 0.2) is 0 Å². The Morgan fingerprint density at radius 2 is 2.18 bits per heavy atom. The molecule has 0 bridgehead atoms. The lowest BCUT2D eigenvalue weighted by Gasteiger charge is -2.33. The fraction of sp³-hybridized carbons (Fsp3) is 0.667. The van der Waals surface area contributed by atoms with E-state index in [-0.39, 0.29) is 6.10 Å². The molecule has 96 valence electrons. The Hall–Kier alpha value is 0.650. The third-order valence-electron chi connectivity index (χ3n) is 3.04. The normalized spacial score (nSPS) is 31.4. The Bertz CT molecular complexity index is 368. The number of hydrogen-bond donors (Lipinski definition) is 1. The molecule has 17 heavy (non-hydrogen) atoms. The average Bonchev–Trinajstić information content (AvgIpc) is 2.68. The lowest BCUT2D eigenvalue weighted by Crippen LogP contribution is -2.35. The Balaban J connectivity index is 1.90. The topological polar surface area (TPSA) is 20.2 Å². The highest BCUT2D eigenvalue weighted by Gasteiger charge is 2.30. The van der Waals surface area contributed by atoms with Gasteiger partial charge in [-0.05, 0) is 12.1 Å². The van der Waals surface area contributed by atoms with Crippen LogP contribution >= 0.6 is 46.5 Å². The lowest BCUT2D eigenvalue weighted by atomic mass is 10.2. The van der Waals surface area contributed by atoms with Crippen molar-refractivity contribution in [3.63, 3.8) is 0 Å². The predicted molar refractivity (Wildman–Crippen MR) is 81.8 cm³/mol. The molecule has 1 aliphatic rings.